The highest BCUT2D eigenvalue weighted by molar-refractivity contribution is 6.11. The van der Waals surface area contributed by atoms with Crippen LogP contribution in [0.5, 0.6) is 0 Å². The lowest BCUT2D eigenvalue weighted by Gasteiger charge is -2.09. The number of nitrogens with one attached hydrogen (secondary N) is 1. The van der Waals surface area contributed by atoms with E-state index in [2.05, 4.69) is 17.5 Å². The number of nitriles is 1. The molecule has 4 rings (SSSR count). The van der Waals surface area contributed by atoms with Crippen molar-refractivity contribution in [3.63, 3.8) is 0 Å². The molecule has 0 saturated heterocycles. The number of amides is 1. The second-order valence-electron chi connectivity index (χ2n) is 6.89. The van der Waals surface area contributed by atoms with Crippen LogP contribution >= 0.6 is 0 Å². The van der Waals surface area contributed by atoms with Gasteiger partial charge in [-0.1, -0.05) is 78.9 Å². The first-order chi connectivity index (χ1) is 14.3. The summed E-state index contributed by atoms with van der Waals surface area (Å²) < 4.78 is 0. The predicted octanol–water partition coefficient (Wildman–Crippen LogP) is 5.26. The van der Waals surface area contributed by atoms with Crippen LogP contribution in [0.15, 0.2) is 90.5 Å². The summed E-state index contributed by atoms with van der Waals surface area (Å²) in [5.74, 6) is -0.347. The van der Waals surface area contributed by atoms with Crippen LogP contribution in [0.3, 0.4) is 0 Å². The Labute approximate surface area is 169 Å². The molecule has 0 aromatic heterocycles. The minimum absolute atomic E-state index is 0.111. The van der Waals surface area contributed by atoms with E-state index in [1.165, 1.54) is 0 Å². The molecule has 0 aliphatic rings. The van der Waals surface area contributed by atoms with Gasteiger partial charge >= 0.3 is 0 Å². The van der Waals surface area contributed by atoms with Crippen molar-refractivity contribution < 1.29 is 4.79 Å². The first kappa shape index (κ1) is 18.5. The van der Waals surface area contributed by atoms with Crippen molar-refractivity contribution in [3.8, 4) is 6.07 Å². The van der Waals surface area contributed by atoms with Crippen molar-refractivity contribution in [3.05, 3.63) is 102 Å². The van der Waals surface area contributed by atoms with E-state index >= 15 is 0 Å². The van der Waals surface area contributed by atoms with Crippen LogP contribution in [0, 0.1) is 11.3 Å². The first-order valence-corrected chi connectivity index (χ1v) is 9.60. The van der Waals surface area contributed by atoms with E-state index in [9.17, 15) is 10.1 Å². The molecule has 140 valence electrons. The monoisotopic (exact) mass is 376 g/mol. The maximum atomic E-state index is 12.6. The third-order valence-corrected chi connectivity index (χ3v) is 5.01. The summed E-state index contributed by atoms with van der Waals surface area (Å²) in [5, 5.41) is 16.7. The number of rotatable bonds is 5. The number of carbonyl (C=O) groups excluding carboxylic acids is 1. The molecule has 29 heavy (non-hydrogen) atoms. The van der Waals surface area contributed by atoms with Crippen LogP contribution < -0.4 is 5.32 Å². The van der Waals surface area contributed by atoms with Gasteiger partial charge in [0.25, 0.3) is 5.91 Å². The number of hydrogen-bond acceptors (Lipinski definition) is 2. The van der Waals surface area contributed by atoms with Crippen molar-refractivity contribution in [2.24, 2.45) is 0 Å². The lowest BCUT2D eigenvalue weighted by molar-refractivity contribution is -0.117. The zero-order valence-electron chi connectivity index (χ0n) is 15.9. The average Bonchev–Trinajstić information content (AvgIpc) is 2.77. The van der Waals surface area contributed by atoms with Crippen LogP contribution in [0.1, 0.15) is 11.1 Å². The second kappa shape index (κ2) is 8.41. The normalized spacial score (nSPS) is 11.3. The predicted molar refractivity (Wildman–Crippen MR) is 118 cm³/mol. The lowest BCUT2D eigenvalue weighted by atomic mass is 9.95. The van der Waals surface area contributed by atoms with Gasteiger partial charge in [-0.3, -0.25) is 4.79 Å². The summed E-state index contributed by atoms with van der Waals surface area (Å²) in [6, 6.07) is 30.2. The molecule has 0 saturated carbocycles. The summed E-state index contributed by atoms with van der Waals surface area (Å²) in [7, 11) is 0. The van der Waals surface area contributed by atoms with E-state index in [4.69, 9.17) is 0 Å². The number of benzene rings is 4. The second-order valence-corrected chi connectivity index (χ2v) is 6.89. The first-order valence-electron chi connectivity index (χ1n) is 9.60. The van der Waals surface area contributed by atoms with Gasteiger partial charge in [0.2, 0.25) is 0 Å². The Balaban J connectivity index is 1.66. The molecule has 0 radical (unpaired) electrons. The summed E-state index contributed by atoms with van der Waals surface area (Å²) in [4.78, 5) is 12.6. The molecule has 0 atom stereocenters. The van der Waals surface area contributed by atoms with Gasteiger partial charge in [-0.2, -0.15) is 5.26 Å². The molecule has 3 nitrogen and oxygen atoms in total. The van der Waals surface area contributed by atoms with E-state index in [0.29, 0.717) is 6.54 Å². The van der Waals surface area contributed by atoms with E-state index < -0.39 is 0 Å². The van der Waals surface area contributed by atoms with Crippen molar-refractivity contribution in [1.29, 1.82) is 5.26 Å². The Morgan fingerprint density at radius 3 is 2.07 bits per heavy atom. The van der Waals surface area contributed by atoms with Gasteiger partial charge in [0.1, 0.15) is 11.6 Å². The van der Waals surface area contributed by atoms with Gasteiger partial charge in [0, 0.05) is 6.54 Å². The summed E-state index contributed by atoms with van der Waals surface area (Å²) in [6.07, 6.45) is 2.44. The minimum Gasteiger partial charge on any atom is -0.351 e. The smallest absolute Gasteiger partial charge is 0.261 e. The van der Waals surface area contributed by atoms with Gasteiger partial charge in [-0.25, -0.2) is 0 Å². The van der Waals surface area contributed by atoms with E-state index in [0.717, 1.165) is 39.1 Å². The Morgan fingerprint density at radius 2 is 1.45 bits per heavy atom. The van der Waals surface area contributed by atoms with Crippen molar-refractivity contribution in [1.82, 2.24) is 5.32 Å². The van der Waals surface area contributed by atoms with Crippen LogP contribution in [0.4, 0.5) is 0 Å². The Kier molecular flexibility index (Phi) is 5.36. The molecule has 0 heterocycles. The maximum Gasteiger partial charge on any atom is 0.261 e. The van der Waals surface area contributed by atoms with Gasteiger partial charge in [-0.15, -0.1) is 0 Å². The van der Waals surface area contributed by atoms with Gasteiger partial charge < -0.3 is 5.32 Å². The number of nitrogens with zero attached hydrogens (tertiary/aromatic N) is 1. The molecule has 0 aliphatic carbocycles. The van der Waals surface area contributed by atoms with E-state index in [-0.39, 0.29) is 11.5 Å². The Morgan fingerprint density at radius 1 is 0.862 bits per heavy atom. The fourth-order valence-electron chi connectivity index (χ4n) is 3.56. The third-order valence-electron chi connectivity index (χ3n) is 5.01. The van der Waals surface area contributed by atoms with Gasteiger partial charge in [-0.05, 0) is 51.2 Å². The molecule has 0 unspecified atom stereocenters. The quantitative estimate of drug-likeness (QED) is 0.293. The van der Waals surface area contributed by atoms with Crippen LogP contribution in [-0.2, 0) is 11.2 Å². The van der Waals surface area contributed by atoms with E-state index in [1.54, 1.807) is 6.08 Å². The van der Waals surface area contributed by atoms with E-state index in [1.807, 2.05) is 78.9 Å². The maximum absolute atomic E-state index is 12.6. The van der Waals surface area contributed by atoms with Crippen LogP contribution in [-0.4, -0.2) is 12.5 Å². The number of fused-ring (bicyclic) bond motifs is 2. The van der Waals surface area contributed by atoms with Gasteiger partial charge in [0.05, 0.1) is 0 Å². The molecular formula is C26H20N2O. The van der Waals surface area contributed by atoms with Crippen molar-refractivity contribution in [2.45, 2.75) is 6.42 Å². The molecule has 3 heteroatoms. The SMILES string of the molecule is N#C/C(=C\c1c2ccccc2cc2ccccc12)C(=O)NCCc1ccccc1. The lowest BCUT2D eigenvalue weighted by Crippen LogP contribution is -2.26. The number of carbonyl (C=O) groups is 1. The molecular weight excluding hydrogens is 356 g/mol. The highest BCUT2D eigenvalue weighted by Crippen LogP contribution is 2.30. The molecule has 0 fully saturated rings. The summed E-state index contributed by atoms with van der Waals surface area (Å²) in [6.45, 7) is 0.484. The van der Waals surface area contributed by atoms with Gasteiger partial charge in [0.15, 0.2) is 0 Å². The Bertz CT molecular complexity index is 1200. The molecule has 0 aliphatic heterocycles. The summed E-state index contributed by atoms with van der Waals surface area (Å²) >= 11 is 0. The molecule has 4 aromatic rings. The fourth-order valence-corrected chi connectivity index (χ4v) is 3.56. The molecule has 1 N–H and O–H groups in total. The minimum atomic E-state index is -0.347. The van der Waals surface area contributed by atoms with Crippen molar-refractivity contribution in [2.75, 3.05) is 6.54 Å². The molecule has 0 spiro atoms. The highest BCUT2D eigenvalue weighted by Gasteiger charge is 2.12. The standard InChI is InChI=1S/C26H20N2O/c27-18-22(26(29)28-15-14-19-8-2-1-3-9-19)17-25-23-12-6-4-10-20(23)16-21-11-5-7-13-24(21)25/h1-13,16-17H,14-15H2,(H,28,29)/b22-17+. The topological polar surface area (TPSA) is 52.9 Å². The third kappa shape index (κ3) is 4.02. The molecule has 4 aromatic carbocycles. The Hall–Kier alpha value is -3.90. The zero-order chi connectivity index (χ0) is 20.1. The molecule has 0 bridgehead atoms. The van der Waals surface area contributed by atoms with Crippen LogP contribution in [0.25, 0.3) is 27.6 Å². The average molecular weight is 376 g/mol. The summed E-state index contributed by atoms with van der Waals surface area (Å²) in [5.41, 5.74) is 2.16. The number of hydrogen-bond donors (Lipinski definition) is 1. The zero-order valence-corrected chi connectivity index (χ0v) is 15.9. The van der Waals surface area contributed by atoms with Crippen molar-refractivity contribution >= 4 is 33.5 Å². The largest absolute Gasteiger partial charge is 0.351 e. The fraction of sp³-hybridized carbons (Fsp3) is 0.0769. The van der Waals surface area contributed by atoms with Crippen LogP contribution in [0.2, 0.25) is 0 Å². The highest BCUT2D eigenvalue weighted by atomic mass is 16.1. The molecule has 1 amide bonds.